The summed E-state index contributed by atoms with van der Waals surface area (Å²) in [6.45, 7) is 13.0. The summed E-state index contributed by atoms with van der Waals surface area (Å²) in [4.78, 5) is 12.0. The molecule has 168 valence electrons. The molecule has 0 aliphatic rings. The van der Waals surface area contributed by atoms with Crippen LogP contribution in [-0.2, 0) is 9.22 Å². The second-order valence-electron chi connectivity index (χ2n) is 9.57. The zero-order valence-corrected chi connectivity index (χ0v) is 21.3. The average molecular weight is 421 g/mol. The van der Waals surface area contributed by atoms with Crippen LogP contribution in [0.3, 0.4) is 0 Å². The number of hydrogen-bond acceptors (Lipinski definition) is 2. The Morgan fingerprint density at radius 2 is 1.24 bits per heavy atom. The average Bonchev–Trinajstić information content (AvgIpc) is 2.63. The Bertz CT molecular complexity index is 495. The van der Waals surface area contributed by atoms with E-state index < -0.39 is 8.32 Å². The highest BCUT2D eigenvalue weighted by atomic mass is 28.4. The molecule has 0 rings (SSSR count). The maximum atomic E-state index is 12.0. The summed E-state index contributed by atoms with van der Waals surface area (Å²) in [6, 6.07) is 0. The van der Waals surface area contributed by atoms with Crippen molar-refractivity contribution in [1.29, 1.82) is 0 Å². The molecule has 0 saturated heterocycles. The summed E-state index contributed by atoms with van der Waals surface area (Å²) in [7, 11) is -1.96. The van der Waals surface area contributed by atoms with Crippen molar-refractivity contribution >= 4 is 14.3 Å². The van der Waals surface area contributed by atoms with Crippen molar-refractivity contribution in [1.82, 2.24) is 0 Å². The van der Waals surface area contributed by atoms with Gasteiger partial charge in [0.15, 0.2) is 0 Å². The van der Waals surface area contributed by atoms with Crippen LogP contribution in [0.25, 0.3) is 0 Å². The lowest BCUT2D eigenvalue weighted by atomic mass is 10.1. The summed E-state index contributed by atoms with van der Waals surface area (Å²) in [5, 5.41) is 0.0817. The van der Waals surface area contributed by atoms with Gasteiger partial charge in [0.25, 0.3) is 14.3 Å². The van der Waals surface area contributed by atoms with Gasteiger partial charge in [0.1, 0.15) is 0 Å². The molecular formula is C26H48O2Si. The molecule has 0 aromatic carbocycles. The van der Waals surface area contributed by atoms with E-state index in [0.717, 1.165) is 25.7 Å². The maximum absolute atomic E-state index is 12.0. The molecule has 3 heteroatoms. The lowest BCUT2D eigenvalue weighted by Crippen LogP contribution is -2.42. The Morgan fingerprint density at radius 3 is 1.79 bits per heavy atom. The molecule has 0 fully saturated rings. The molecule has 0 aromatic heterocycles. The maximum Gasteiger partial charge on any atom is 0.292 e. The van der Waals surface area contributed by atoms with Crippen LogP contribution in [-0.4, -0.2) is 14.3 Å². The van der Waals surface area contributed by atoms with Crippen molar-refractivity contribution in [3.63, 3.8) is 0 Å². The molecule has 0 heterocycles. The van der Waals surface area contributed by atoms with Crippen molar-refractivity contribution in [3.8, 4) is 0 Å². The Morgan fingerprint density at radius 1 is 0.759 bits per heavy atom. The molecule has 0 saturated carbocycles. The standard InChI is InChI=1S/C26H48O2Si/c1-7-8-9-10-11-12-13-14-15-16-17-18-19-20-21-22-23-24-25(27)28-29(5,6)26(2,3)4/h14-15,17-18,20-21H,7-13,16,19,22-24H2,1-6H3/b15-14-,18-17-,21-20-. The van der Waals surface area contributed by atoms with Crippen LogP contribution in [0, 0.1) is 0 Å². The largest absolute Gasteiger partial charge is 0.519 e. The summed E-state index contributed by atoms with van der Waals surface area (Å²) >= 11 is 0. The normalized spacial score (nSPS) is 13.2. The fraction of sp³-hybridized carbons (Fsp3) is 0.731. The van der Waals surface area contributed by atoms with Crippen LogP contribution < -0.4 is 0 Å². The first-order chi connectivity index (χ1) is 13.7. The number of carbonyl (C=O) groups is 1. The molecular weight excluding hydrogens is 372 g/mol. The van der Waals surface area contributed by atoms with Gasteiger partial charge in [-0.1, -0.05) is 96.3 Å². The quantitative estimate of drug-likeness (QED) is 0.141. The molecule has 29 heavy (non-hydrogen) atoms. The molecule has 0 aliphatic carbocycles. The Kier molecular flexibility index (Phi) is 16.0. The second-order valence-corrected chi connectivity index (χ2v) is 14.3. The predicted molar refractivity (Wildman–Crippen MR) is 132 cm³/mol. The van der Waals surface area contributed by atoms with Gasteiger partial charge in [-0.05, 0) is 56.7 Å². The van der Waals surface area contributed by atoms with Crippen LogP contribution in [0.5, 0.6) is 0 Å². The van der Waals surface area contributed by atoms with Gasteiger partial charge in [-0.2, -0.15) is 0 Å². The first-order valence-electron chi connectivity index (χ1n) is 11.9. The minimum absolute atomic E-state index is 0.0300. The van der Waals surface area contributed by atoms with Crippen LogP contribution in [0.4, 0.5) is 0 Å². The van der Waals surface area contributed by atoms with Crippen LogP contribution in [0.1, 0.15) is 105 Å². The lowest BCUT2D eigenvalue weighted by Gasteiger charge is -2.35. The van der Waals surface area contributed by atoms with E-state index in [0.29, 0.717) is 6.42 Å². The van der Waals surface area contributed by atoms with Gasteiger partial charge < -0.3 is 4.43 Å². The molecule has 0 N–H and O–H groups in total. The second kappa shape index (κ2) is 16.7. The minimum atomic E-state index is -1.96. The third-order valence-corrected chi connectivity index (χ3v) is 10.0. The van der Waals surface area contributed by atoms with Crippen molar-refractivity contribution in [3.05, 3.63) is 36.5 Å². The molecule has 0 atom stereocenters. The molecule has 0 bridgehead atoms. The van der Waals surface area contributed by atoms with Gasteiger partial charge in [-0.3, -0.25) is 4.79 Å². The van der Waals surface area contributed by atoms with E-state index in [1.54, 1.807) is 0 Å². The first-order valence-corrected chi connectivity index (χ1v) is 14.8. The van der Waals surface area contributed by atoms with E-state index in [1.165, 1.54) is 44.9 Å². The van der Waals surface area contributed by atoms with Crippen LogP contribution in [0.15, 0.2) is 36.5 Å². The smallest absolute Gasteiger partial charge is 0.292 e. The van der Waals surface area contributed by atoms with Crippen molar-refractivity contribution in [2.45, 2.75) is 123 Å². The van der Waals surface area contributed by atoms with Crippen molar-refractivity contribution < 1.29 is 9.22 Å². The molecule has 0 unspecified atom stereocenters. The molecule has 0 spiro atoms. The Labute approximate surface area is 183 Å². The summed E-state index contributed by atoms with van der Waals surface area (Å²) < 4.78 is 5.79. The van der Waals surface area contributed by atoms with Gasteiger partial charge >= 0.3 is 0 Å². The molecule has 0 aliphatic heterocycles. The summed E-state index contributed by atoms with van der Waals surface area (Å²) in [5.74, 6) is -0.0300. The van der Waals surface area contributed by atoms with Gasteiger partial charge in [0.05, 0.1) is 0 Å². The topological polar surface area (TPSA) is 26.3 Å². The Hall–Kier alpha value is -1.09. The highest BCUT2D eigenvalue weighted by molar-refractivity contribution is 6.75. The van der Waals surface area contributed by atoms with Crippen molar-refractivity contribution in [2.75, 3.05) is 0 Å². The van der Waals surface area contributed by atoms with Crippen LogP contribution in [0.2, 0.25) is 18.1 Å². The van der Waals surface area contributed by atoms with Gasteiger partial charge in [-0.25, -0.2) is 0 Å². The zero-order chi connectivity index (χ0) is 22.0. The fourth-order valence-electron chi connectivity index (χ4n) is 2.67. The third-order valence-electron chi connectivity index (χ3n) is 5.70. The highest BCUT2D eigenvalue weighted by Gasteiger charge is 2.40. The molecule has 0 aromatic rings. The van der Waals surface area contributed by atoms with E-state index in [1.807, 2.05) is 0 Å². The van der Waals surface area contributed by atoms with E-state index in [9.17, 15) is 4.79 Å². The van der Waals surface area contributed by atoms with Crippen molar-refractivity contribution in [2.24, 2.45) is 0 Å². The molecule has 0 radical (unpaired) electrons. The Balaban J connectivity index is 3.64. The summed E-state index contributed by atoms with van der Waals surface area (Å²) in [6.07, 6.45) is 27.2. The predicted octanol–water partition coefficient (Wildman–Crippen LogP) is 8.90. The summed E-state index contributed by atoms with van der Waals surface area (Å²) in [5.41, 5.74) is 0. The fourth-order valence-corrected chi connectivity index (χ4v) is 3.65. The zero-order valence-electron chi connectivity index (χ0n) is 20.3. The highest BCUT2D eigenvalue weighted by Crippen LogP contribution is 2.36. The van der Waals surface area contributed by atoms with Gasteiger partial charge in [-0.15, -0.1) is 0 Å². The van der Waals surface area contributed by atoms with E-state index in [-0.39, 0.29) is 11.0 Å². The van der Waals surface area contributed by atoms with E-state index >= 15 is 0 Å². The monoisotopic (exact) mass is 420 g/mol. The SMILES string of the molecule is CCCCCCCC/C=C\C/C=C\C/C=C\CCCC(=O)O[Si](C)(C)C(C)(C)C. The van der Waals surface area contributed by atoms with E-state index in [4.69, 9.17) is 4.43 Å². The first kappa shape index (κ1) is 27.9. The number of carbonyl (C=O) groups excluding carboxylic acids is 1. The minimum Gasteiger partial charge on any atom is -0.519 e. The van der Waals surface area contributed by atoms with Gasteiger partial charge in [0, 0.05) is 6.42 Å². The van der Waals surface area contributed by atoms with E-state index in [2.05, 4.69) is 77.2 Å². The molecule has 2 nitrogen and oxygen atoms in total. The third kappa shape index (κ3) is 16.4. The number of rotatable bonds is 16. The lowest BCUT2D eigenvalue weighted by molar-refractivity contribution is -0.135. The number of allylic oxidation sites excluding steroid dienone is 6. The van der Waals surface area contributed by atoms with Gasteiger partial charge in [0.2, 0.25) is 0 Å². The van der Waals surface area contributed by atoms with Crippen LogP contribution >= 0.6 is 0 Å². The number of unbranched alkanes of at least 4 members (excludes halogenated alkanes) is 7. The molecule has 0 amide bonds. The number of hydrogen-bond donors (Lipinski definition) is 0.